The Morgan fingerprint density at radius 1 is 1.42 bits per heavy atom. The molecule has 1 heterocycles. The van der Waals surface area contributed by atoms with Gasteiger partial charge >= 0.3 is 0 Å². The van der Waals surface area contributed by atoms with E-state index in [1.165, 1.54) is 0 Å². The number of halogens is 1. The van der Waals surface area contributed by atoms with Gasteiger partial charge in [-0.05, 0) is 25.5 Å². The van der Waals surface area contributed by atoms with E-state index in [4.69, 9.17) is 4.42 Å². The maximum atomic E-state index is 12.1. The van der Waals surface area contributed by atoms with E-state index in [9.17, 15) is 4.79 Å². The molecule has 2 atom stereocenters. The number of rotatable bonds is 4. The summed E-state index contributed by atoms with van der Waals surface area (Å²) in [5.74, 6) is 0.892. The van der Waals surface area contributed by atoms with Crippen LogP contribution in [0.1, 0.15) is 32.1 Å². The molecule has 4 heteroatoms. The van der Waals surface area contributed by atoms with Crippen LogP contribution in [0, 0.1) is 0 Å². The highest BCUT2D eigenvalue weighted by atomic mass is 79.9. The second-order valence-corrected chi connectivity index (χ2v) is 5.79. The number of amides is 1. The van der Waals surface area contributed by atoms with Crippen LogP contribution in [0.5, 0.6) is 0 Å². The Balaban J connectivity index is 2.23. The normalized spacial score (nSPS) is 14.3. The van der Waals surface area contributed by atoms with Gasteiger partial charge in [0.05, 0.1) is 10.9 Å². The zero-order valence-corrected chi connectivity index (χ0v) is 13.0. The van der Waals surface area contributed by atoms with Gasteiger partial charge in [-0.2, -0.15) is 0 Å². The predicted molar refractivity (Wildman–Crippen MR) is 80.4 cm³/mol. The van der Waals surface area contributed by atoms with Crippen LogP contribution in [-0.2, 0) is 4.79 Å². The van der Waals surface area contributed by atoms with Crippen molar-refractivity contribution in [2.75, 3.05) is 7.05 Å². The highest BCUT2D eigenvalue weighted by molar-refractivity contribution is 9.10. The van der Waals surface area contributed by atoms with Crippen molar-refractivity contribution >= 4 is 32.8 Å². The summed E-state index contributed by atoms with van der Waals surface area (Å²) in [6.07, 6.45) is 0.774. The van der Waals surface area contributed by atoms with Crippen molar-refractivity contribution in [3.8, 4) is 0 Å². The molecule has 2 unspecified atom stereocenters. The van der Waals surface area contributed by atoms with E-state index in [1.54, 1.807) is 4.90 Å². The maximum absolute atomic E-state index is 12.1. The van der Waals surface area contributed by atoms with Crippen molar-refractivity contribution < 1.29 is 9.21 Å². The summed E-state index contributed by atoms with van der Waals surface area (Å²) in [7, 11) is 1.81. The molecule has 1 aromatic heterocycles. The molecule has 102 valence electrons. The van der Waals surface area contributed by atoms with Gasteiger partial charge in [-0.25, -0.2) is 0 Å². The molecule has 0 N–H and O–H groups in total. The van der Waals surface area contributed by atoms with Crippen molar-refractivity contribution in [3.05, 3.63) is 36.1 Å². The summed E-state index contributed by atoms with van der Waals surface area (Å²) >= 11 is 3.40. The number of carbonyl (C=O) groups is 1. The number of nitrogens with zero attached hydrogens (tertiary/aromatic N) is 1. The first-order valence-corrected chi connectivity index (χ1v) is 7.35. The van der Waals surface area contributed by atoms with Crippen molar-refractivity contribution in [1.29, 1.82) is 0 Å². The highest BCUT2D eigenvalue weighted by Crippen LogP contribution is 2.27. The lowest BCUT2D eigenvalue weighted by atomic mass is 10.2. The fraction of sp³-hybridized carbons (Fsp3) is 0.400. The van der Waals surface area contributed by atoms with Crippen LogP contribution >= 0.6 is 15.9 Å². The number of carbonyl (C=O) groups excluding carboxylic acids is 1. The van der Waals surface area contributed by atoms with Gasteiger partial charge in [0.2, 0.25) is 5.91 Å². The largest absolute Gasteiger partial charge is 0.459 e. The first-order valence-electron chi connectivity index (χ1n) is 6.43. The Bertz CT molecular complexity index is 545. The van der Waals surface area contributed by atoms with Crippen LogP contribution < -0.4 is 0 Å². The average Bonchev–Trinajstić information content (AvgIpc) is 2.87. The van der Waals surface area contributed by atoms with Gasteiger partial charge in [0.15, 0.2) is 0 Å². The summed E-state index contributed by atoms with van der Waals surface area (Å²) < 4.78 is 5.81. The fourth-order valence-corrected chi connectivity index (χ4v) is 2.31. The Labute approximate surface area is 121 Å². The molecular formula is C15H18BrNO2. The van der Waals surface area contributed by atoms with Crippen molar-refractivity contribution in [1.82, 2.24) is 4.90 Å². The molecule has 0 saturated heterocycles. The summed E-state index contributed by atoms with van der Waals surface area (Å²) in [6, 6.07) is 9.79. The lowest BCUT2D eigenvalue weighted by molar-refractivity contribution is -0.131. The van der Waals surface area contributed by atoms with E-state index in [1.807, 2.05) is 51.2 Å². The molecule has 2 rings (SSSR count). The van der Waals surface area contributed by atoms with Gasteiger partial charge < -0.3 is 9.32 Å². The zero-order valence-electron chi connectivity index (χ0n) is 11.4. The maximum Gasteiger partial charge on any atom is 0.236 e. The van der Waals surface area contributed by atoms with Crippen LogP contribution in [-0.4, -0.2) is 22.7 Å². The molecular weight excluding hydrogens is 306 g/mol. The second-order valence-electron chi connectivity index (χ2n) is 4.69. The number of furan rings is 1. The second kappa shape index (κ2) is 5.78. The number of para-hydroxylation sites is 1. The van der Waals surface area contributed by atoms with Crippen LogP contribution in [0.25, 0.3) is 11.0 Å². The average molecular weight is 324 g/mol. The van der Waals surface area contributed by atoms with E-state index < -0.39 is 0 Å². The summed E-state index contributed by atoms with van der Waals surface area (Å²) in [5.41, 5.74) is 0.857. The topological polar surface area (TPSA) is 33.5 Å². The minimum Gasteiger partial charge on any atom is -0.459 e. The summed E-state index contributed by atoms with van der Waals surface area (Å²) in [6.45, 7) is 3.96. The van der Waals surface area contributed by atoms with Gasteiger partial charge in [-0.3, -0.25) is 4.79 Å². The highest BCUT2D eigenvalue weighted by Gasteiger charge is 2.24. The third-order valence-electron chi connectivity index (χ3n) is 3.41. The molecule has 0 fully saturated rings. The smallest absolute Gasteiger partial charge is 0.236 e. The minimum atomic E-state index is -0.135. The van der Waals surface area contributed by atoms with E-state index in [-0.39, 0.29) is 16.8 Å². The number of fused-ring (bicyclic) bond motifs is 1. The van der Waals surface area contributed by atoms with Crippen LogP contribution in [0.2, 0.25) is 0 Å². The molecule has 0 aliphatic rings. The molecule has 0 saturated carbocycles. The van der Waals surface area contributed by atoms with Gasteiger partial charge in [0.25, 0.3) is 0 Å². The Kier molecular flexibility index (Phi) is 4.30. The van der Waals surface area contributed by atoms with E-state index in [0.717, 1.165) is 23.2 Å². The molecule has 19 heavy (non-hydrogen) atoms. The van der Waals surface area contributed by atoms with E-state index in [0.29, 0.717) is 0 Å². The SMILES string of the molecule is CCC(Br)C(=O)N(C)C(C)c1cc2ccccc2o1. The number of alkyl halides is 1. The fourth-order valence-electron chi connectivity index (χ4n) is 1.99. The first kappa shape index (κ1) is 14.1. The molecule has 1 aromatic carbocycles. The van der Waals surface area contributed by atoms with Crippen LogP contribution in [0.3, 0.4) is 0 Å². The minimum absolute atomic E-state index is 0.0773. The summed E-state index contributed by atoms with van der Waals surface area (Å²) in [5, 5.41) is 1.07. The predicted octanol–water partition coefficient (Wildman–Crippen LogP) is 4.13. The standard InChI is InChI=1S/C15H18BrNO2/c1-4-12(16)15(18)17(3)10(2)14-9-11-7-5-6-8-13(11)19-14/h5-10,12H,4H2,1-3H3. The van der Waals surface area contributed by atoms with Crippen molar-refractivity contribution in [3.63, 3.8) is 0 Å². The molecule has 0 spiro atoms. The third kappa shape index (κ3) is 2.84. The first-order chi connectivity index (χ1) is 9.04. The lowest BCUT2D eigenvalue weighted by Gasteiger charge is -2.25. The monoisotopic (exact) mass is 323 g/mol. The number of hydrogen-bond donors (Lipinski definition) is 0. The molecule has 2 aromatic rings. The summed E-state index contributed by atoms with van der Waals surface area (Å²) in [4.78, 5) is 13.7. The van der Waals surface area contributed by atoms with Gasteiger partial charge in [0.1, 0.15) is 11.3 Å². The number of benzene rings is 1. The van der Waals surface area contributed by atoms with E-state index >= 15 is 0 Å². The Morgan fingerprint density at radius 2 is 2.11 bits per heavy atom. The van der Waals surface area contributed by atoms with Gasteiger partial charge in [0, 0.05) is 12.4 Å². The molecule has 3 nitrogen and oxygen atoms in total. The quantitative estimate of drug-likeness (QED) is 0.793. The van der Waals surface area contributed by atoms with Gasteiger partial charge in [-0.15, -0.1) is 0 Å². The molecule has 0 aliphatic heterocycles. The molecule has 1 amide bonds. The van der Waals surface area contributed by atoms with E-state index in [2.05, 4.69) is 15.9 Å². The third-order valence-corrected chi connectivity index (χ3v) is 4.45. The number of hydrogen-bond acceptors (Lipinski definition) is 2. The molecule has 0 aliphatic carbocycles. The zero-order chi connectivity index (χ0) is 14.0. The Morgan fingerprint density at radius 3 is 2.74 bits per heavy atom. The van der Waals surface area contributed by atoms with Crippen molar-refractivity contribution in [2.24, 2.45) is 0 Å². The van der Waals surface area contributed by atoms with Crippen molar-refractivity contribution in [2.45, 2.75) is 31.1 Å². The Hall–Kier alpha value is -1.29. The van der Waals surface area contributed by atoms with Crippen LogP contribution in [0.15, 0.2) is 34.7 Å². The molecule has 0 bridgehead atoms. The van der Waals surface area contributed by atoms with Crippen LogP contribution in [0.4, 0.5) is 0 Å². The lowest BCUT2D eigenvalue weighted by Crippen LogP contribution is -2.34. The molecule has 0 radical (unpaired) electrons. The van der Waals surface area contributed by atoms with Gasteiger partial charge in [-0.1, -0.05) is 41.1 Å².